The van der Waals surface area contributed by atoms with Gasteiger partial charge in [0.05, 0.1) is 10.8 Å². The van der Waals surface area contributed by atoms with Crippen molar-refractivity contribution in [2.75, 3.05) is 5.32 Å². The van der Waals surface area contributed by atoms with Gasteiger partial charge in [0, 0.05) is 16.6 Å². The van der Waals surface area contributed by atoms with Crippen molar-refractivity contribution in [3.8, 4) is 0 Å². The first-order valence-electron chi connectivity index (χ1n) is 8.26. The van der Waals surface area contributed by atoms with E-state index in [1.807, 2.05) is 38.1 Å². The minimum absolute atomic E-state index is 0.00203. The van der Waals surface area contributed by atoms with E-state index in [-0.39, 0.29) is 16.9 Å². The largest absolute Gasteiger partial charge is 0.325 e. The van der Waals surface area contributed by atoms with Gasteiger partial charge in [0.25, 0.3) is 0 Å². The first-order chi connectivity index (χ1) is 12.4. The highest BCUT2D eigenvalue weighted by Crippen LogP contribution is 2.29. The van der Waals surface area contributed by atoms with E-state index in [0.29, 0.717) is 17.1 Å². The van der Waals surface area contributed by atoms with E-state index in [9.17, 15) is 9.59 Å². The predicted octanol–water partition coefficient (Wildman–Crippen LogP) is 4.26. The fraction of sp³-hybridized carbons (Fsp3) is 0.200. The summed E-state index contributed by atoms with van der Waals surface area (Å²) in [6.07, 6.45) is 0. The summed E-state index contributed by atoms with van der Waals surface area (Å²) in [6, 6.07) is 14.6. The summed E-state index contributed by atoms with van der Waals surface area (Å²) in [4.78, 5) is 32.8. The number of nitrogens with zero attached hydrogens (tertiary/aromatic N) is 2. The van der Waals surface area contributed by atoms with Crippen LogP contribution in [0, 0.1) is 6.92 Å². The van der Waals surface area contributed by atoms with Gasteiger partial charge >= 0.3 is 0 Å². The van der Waals surface area contributed by atoms with Crippen LogP contribution in [0.1, 0.15) is 30.0 Å². The lowest BCUT2D eigenvalue weighted by molar-refractivity contribution is -0.115. The van der Waals surface area contributed by atoms with E-state index in [1.165, 1.54) is 18.7 Å². The Bertz CT molecular complexity index is 970. The molecular formula is C20H19N3O2S. The smallest absolute Gasteiger partial charge is 0.237 e. The number of carbonyl (C=O) groups excluding carboxylic acids is 2. The summed E-state index contributed by atoms with van der Waals surface area (Å²) in [5.41, 5.74) is 2.15. The van der Waals surface area contributed by atoms with Crippen LogP contribution in [0.25, 0.3) is 10.9 Å². The molecule has 3 aromatic rings. The van der Waals surface area contributed by atoms with Crippen LogP contribution >= 0.6 is 11.8 Å². The number of benzene rings is 2. The molecule has 1 heterocycles. The highest BCUT2D eigenvalue weighted by atomic mass is 32.2. The van der Waals surface area contributed by atoms with Crippen LogP contribution in [-0.4, -0.2) is 26.9 Å². The normalized spacial score (nSPS) is 12.0. The fourth-order valence-electron chi connectivity index (χ4n) is 2.50. The maximum Gasteiger partial charge on any atom is 0.237 e. The molecular weight excluding hydrogens is 346 g/mol. The van der Waals surface area contributed by atoms with Crippen molar-refractivity contribution in [1.29, 1.82) is 0 Å². The molecule has 132 valence electrons. The Morgan fingerprint density at radius 2 is 1.73 bits per heavy atom. The lowest BCUT2D eigenvalue weighted by Gasteiger charge is -2.13. The zero-order valence-electron chi connectivity index (χ0n) is 14.8. The number of amides is 1. The summed E-state index contributed by atoms with van der Waals surface area (Å²) in [5.74, 6) is 0.558. The number of nitrogens with one attached hydrogen (secondary N) is 1. The number of hydrogen-bond acceptors (Lipinski definition) is 5. The maximum atomic E-state index is 12.5. The summed E-state index contributed by atoms with van der Waals surface area (Å²) in [7, 11) is 0. The molecule has 5 nitrogen and oxygen atoms in total. The van der Waals surface area contributed by atoms with Gasteiger partial charge in [-0.05, 0) is 51.1 Å². The zero-order chi connectivity index (χ0) is 18.7. The maximum absolute atomic E-state index is 12.5. The molecule has 0 saturated heterocycles. The number of Topliss-reactive ketones (excluding diaryl/α,β-unsaturated/α-hetero) is 1. The van der Waals surface area contributed by atoms with E-state index < -0.39 is 0 Å². The minimum atomic E-state index is -0.333. The average molecular weight is 365 g/mol. The molecule has 0 radical (unpaired) electrons. The van der Waals surface area contributed by atoms with Crippen LogP contribution < -0.4 is 5.32 Å². The van der Waals surface area contributed by atoms with Gasteiger partial charge < -0.3 is 5.32 Å². The van der Waals surface area contributed by atoms with Crippen molar-refractivity contribution >= 4 is 40.0 Å². The predicted molar refractivity (Wildman–Crippen MR) is 105 cm³/mol. The summed E-state index contributed by atoms with van der Waals surface area (Å²) in [6.45, 7) is 5.20. The summed E-state index contributed by atoms with van der Waals surface area (Å²) < 4.78 is 0. The molecule has 2 aromatic carbocycles. The van der Waals surface area contributed by atoms with E-state index >= 15 is 0 Å². The molecule has 0 bridgehead atoms. The van der Waals surface area contributed by atoms with Crippen LogP contribution in [-0.2, 0) is 4.79 Å². The molecule has 1 unspecified atom stereocenters. The fourth-order valence-corrected chi connectivity index (χ4v) is 3.49. The number of carbonyl (C=O) groups is 2. The molecule has 1 atom stereocenters. The second kappa shape index (κ2) is 7.66. The molecule has 1 aromatic heterocycles. The van der Waals surface area contributed by atoms with Gasteiger partial charge in [0.1, 0.15) is 10.9 Å². The van der Waals surface area contributed by atoms with Crippen molar-refractivity contribution < 1.29 is 9.59 Å². The van der Waals surface area contributed by atoms with Crippen molar-refractivity contribution in [3.05, 3.63) is 59.9 Å². The molecule has 6 heteroatoms. The quantitative estimate of drug-likeness (QED) is 0.415. The minimum Gasteiger partial charge on any atom is -0.325 e. The number of hydrogen-bond donors (Lipinski definition) is 1. The first kappa shape index (κ1) is 18.1. The lowest BCUT2D eigenvalue weighted by Crippen LogP contribution is -2.22. The number of thioether (sulfide) groups is 1. The number of anilines is 1. The molecule has 0 fully saturated rings. The topological polar surface area (TPSA) is 72.0 Å². The molecule has 0 spiro atoms. The first-order valence-corrected chi connectivity index (χ1v) is 9.14. The van der Waals surface area contributed by atoms with Crippen molar-refractivity contribution in [3.63, 3.8) is 0 Å². The third kappa shape index (κ3) is 4.08. The number of ketones is 1. The Hall–Kier alpha value is -2.73. The number of fused-ring (bicyclic) bond motifs is 1. The lowest BCUT2D eigenvalue weighted by atomic mass is 10.1. The monoisotopic (exact) mass is 365 g/mol. The van der Waals surface area contributed by atoms with E-state index in [4.69, 9.17) is 0 Å². The Morgan fingerprint density at radius 3 is 2.42 bits per heavy atom. The molecule has 1 amide bonds. The Labute approximate surface area is 156 Å². The highest BCUT2D eigenvalue weighted by molar-refractivity contribution is 8.00. The number of aromatic nitrogens is 2. The van der Waals surface area contributed by atoms with Crippen LogP contribution in [0.5, 0.6) is 0 Å². The van der Waals surface area contributed by atoms with Crippen molar-refractivity contribution in [2.45, 2.75) is 31.0 Å². The Kier molecular flexibility index (Phi) is 5.32. The third-order valence-electron chi connectivity index (χ3n) is 3.90. The molecule has 3 rings (SSSR count). The SMILES string of the molecule is CC(=O)c1ccc(NC(=O)C(C)Sc2nc(C)nc3ccccc23)cc1. The van der Waals surface area contributed by atoms with Crippen LogP contribution in [0.4, 0.5) is 5.69 Å². The third-order valence-corrected chi connectivity index (χ3v) is 5.00. The molecule has 0 aliphatic heterocycles. The van der Waals surface area contributed by atoms with Gasteiger partial charge in [-0.3, -0.25) is 9.59 Å². The summed E-state index contributed by atoms with van der Waals surface area (Å²) >= 11 is 1.41. The van der Waals surface area contributed by atoms with Crippen molar-refractivity contribution in [2.24, 2.45) is 0 Å². The van der Waals surface area contributed by atoms with Gasteiger partial charge in [-0.15, -0.1) is 0 Å². The zero-order valence-corrected chi connectivity index (χ0v) is 15.6. The summed E-state index contributed by atoms with van der Waals surface area (Å²) in [5, 5.41) is 4.28. The number of para-hydroxylation sites is 1. The average Bonchev–Trinajstić information content (AvgIpc) is 2.62. The van der Waals surface area contributed by atoms with E-state index in [0.717, 1.165) is 15.9 Å². The number of rotatable bonds is 5. The number of aryl methyl sites for hydroxylation is 1. The Morgan fingerprint density at radius 1 is 1.04 bits per heavy atom. The molecule has 26 heavy (non-hydrogen) atoms. The van der Waals surface area contributed by atoms with Crippen LogP contribution in [0.3, 0.4) is 0 Å². The van der Waals surface area contributed by atoms with Crippen LogP contribution in [0.15, 0.2) is 53.6 Å². The van der Waals surface area contributed by atoms with Crippen molar-refractivity contribution in [1.82, 2.24) is 9.97 Å². The Balaban J connectivity index is 1.74. The standard InChI is InChI=1S/C20H19N3O2S/c1-12(24)15-8-10-16(11-9-15)23-19(25)13(2)26-20-17-6-4-5-7-18(17)21-14(3)22-20/h4-11,13H,1-3H3,(H,23,25). The van der Waals surface area contributed by atoms with Gasteiger partial charge in [0.2, 0.25) is 5.91 Å². The molecule has 0 aliphatic carbocycles. The molecule has 0 aliphatic rings. The van der Waals surface area contributed by atoms with Crippen LogP contribution in [0.2, 0.25) is 0 Å². The molecule has 1 N–H and O–H groups in total. The van der Waals surface area contributed by atoms with Gasteiger partial charge in [-0.25, -0.2) is 9.97 Å². The van der Waals surface area contributed by atoms with Gasteiger partial charge in [-0.2, -0.15) is 0 Å². The second-order valence-electron chi connectivity index (χ2n) is 5.98. The van der Waals surface area contributed by atoms with Gasteiger partial charge in [0.15, 0.2) is 5.78 Å². The molecule has 0 saturated carbocycles. The van der Waals surface area contributed by atoms with Gasteiger partial charge in [-0.1, -0.05) is 30.0 Å². The van der Waals surface area contributed by atoms with E-state index in [2.05, 4.69) is 15.3 Å². The highest BCUT2D eigenvalue weighted by Gasteiger charge is 2.17. The van der Waals surface area contributed by atoms with E-state index in [1.54, 1.807) is 24.3 Å². The second-order valence-corrected chi connectivity index (χ2v) is 7.31.